The van der Waals surface area contributed by atoms with Crippen molar-refractivity contribution >= 4 is 0 Å². The van der Waals surface area contributed by atoms with Crippen molar-refractivity contribution in [3.05, 3.63) is 42.6 Å². The first kappa shape index (κ1) is 11.1. The van der Waals surface area contributed by atoms with Gasteiger partial charge in [-0.2, -0.15) is 0 Å². The summed E-state index contributed by atoms with van der Waals surface area (Å²) in [4.78, 5) is 12.5. The Hall–Kier alpha value is -2.01. The first-order chi connectivity index (χ1) is 8.90. The maximum atomic E-state index is 5.51. The molecule has 1 fully saturated rings. The molecule has 3 rings (SSSR count). The molecule has 0 aromatic carbocycles. The van der Waals surface area contributed by atoms with Crippen LogP contribution in [0, 0.1) is 0 Å². The molecule has 5 nitrogen and oxygen atoms in total. The Morgan fingerprint density at radius 1 is 1.22 bits per heavy atom. The first-order valence-corrected chi connectivity index (χ1v) is 6.02. The van der Waals surface area contributed by atoms with E-state index in [1.165, 1.54) is 12.8 Å². The van der Waals surface area contributed by atoms with Gasteiger partial charge in [-0.15, -0.1) is 0 Å². The van der Waals surface area contributed by atoms with Crippen LogP contribution in [0.4, 0.5) is 0 Å². The summed E-state index contributed by atoms with van der Waals surface area (Å²) < 4.78 is 5.51. The van der Waals surface area contributed by atoms with Crippen molar-refractivity contribution in [1.29, 1.82) is 0 Å². The van der Waals surface area contributed by atoms with E-state index in [1.807, 2.05) is 12.1 Å². The maximum Gasteiger partial charge on any atom is 0.237 e. The predicted molar refractivity (Wildman–Crippen MR) is 66.2 cm³/mol. The minimum absolute atomic E-state index is 0.484. The Morgan fingerprint density at radius 2 is 2.17 bits per heavy atom. The Bertz CT molecular complexity index is 496. The Morgan fingerprint density at radius 3 is 2.83 bits per heavy atom. The number of rotatable bonds is 5. The lowest BCUT2D eigenvalue weighted by Crippen LogP contribution is -2.16. The molecule has 0 atom stereocenters. The van der Waals surface area contributed by atoms with Crippen molar-refractivity contribution in [3.8, 4) is 11.6 Å². The summed E-state index contributed by atoms with van der Waals surface area (Å²) in [7, 11) is 0. The van der Waals surface area contributed by atoms with Crippen LogP contribution in [0.15, 0.2) is 36.9 Å². The van der Waals surface area contributed by atoms with E-state index in [0.717, 1.165) is 12.2 Å². The normalized spacial score (nSPS) is 14.4. The van der Waals surface area contributed by atoms with Crippen molar-refractivity contribution in [1.82, 2.24) is 20.3 Å². The van der Waals surface area contributed by atoms with Gasteiger partial charge in [-0.1, -0.05) is 0 Å². The van der Waals surface area contributed by atoms with E-state index in [0.29, 0.717) is 17.7 Å². The fourth-order valence-corrected chi connectivity index (χ4v) is 1.55. The topological polar surface area (TPSA) is 59.9 Å². The molecular formula is C13H14N4O. The molecular weight excluding hydrogens is 228 g/mol. The maximum absolute atomic E-state index is 5.51. The van der Waals surface area contributed by atoms with E-state index >= 15 is 0 Å². The molecule has 1 aliphatic rings. The van der Waals surface area contributed by atoms with Crippen molar-refractivity contribution in [2.24, 2.45) is 0 Å². The van der Waals surface area contributed by atoms with Crippen molar-refractivity contribution < 1.29 is 4.74 Å². The zero-order chi connectivity index (χ0) is 12.2. The predicted octanol–water partition coefficient (Wildman–Crippen LogP) is 1.92. The SMILES string of the molecule is c1cncc(Oc2cnc(CNC3CC3)cn2)c1. The Balaban J connectivity index is 1.59. The molecule has 1 aliphatic carbocycles. The molecule has 0 spiro atoms. The van der Waals surface area contributed by atoms with Gasteiger partial charge in [0.1, 0.15) is 5.75 Å². The molecule has 0 saturated heterocycles. The van der Waals surface area contributed by atoms with E-state index in [1.54, 1.807) is 24.8 Å². The zero-order valence-electron chi connectivity index (χ0n) is 9.91. The van der Waals surface area contributed by atoms with Gasteiger partial charge >= 0.3 is 0 Å². The fourth-order valence-electron chi connectivity index (χ4n) is 1.55. The minimum atomic E-state index is 0.484. The zero-order valence-corrected chi connectivity index (χ0v) is 9.91. The molecule has 2 aromatic rings. The van der Waals surface area contributed by atoms with E-state index in [-0.39, 0.29) is 0 Å². The summed E-state index contributed by atoms with van der Waals surface area (Å²) in [6.45, 7) is 0.769. The highest BCUT2D eigenvalue weighted by Gasteiger charge is 2.20. The smallest absolute Gasteiger partial charge is 0.237 e. The number of hydrogen-bond donors (Lipinski definition) is 1. The average Bonchev–Trinajstić information content (AvgIpc) is 3.23. The number of ether oxygens (including phenoxy) is 1. The second-order valence-electron chi connectivity index (χ2n) is 4.29. The van der Waals surface area contributed by atoms with Crippen LogP contribution >= 0.6 is 0 Å². The fraction of sp³-hybridized carbons (Fsp3) is 0.308. The van der Waals surface area contributed by atoms with E-state index in [4.69, 9.17) is 4.74 Å². The lowest BCUT2D eigenvalue weighted by molar-refractivity contribution is 0.456. The molecule has 18 heavy (non-hydrogen) atoms. The molecule has 0 bridgehead atoms. The van der Waals surface area contributed by atoms with Crippen LogP contribution in [0.1, 0.15) is 18.5 Å². The lowest BCUT2D eigenvalue weighted by atomic mass is 10.4. The molecule has 0 aliphatic heterocycles. The molecule has 2 heterocycles. The molecule has 0 unspecified atom stereocenters. The third-order valence-corrected chi connectivity index (χ3v) is 2.69. The van der Waals surface area contributed by atoms with Gasteiger partial charge in [0.05, 0.1) is 24.3 Å². The van der Waals surface area contributed by atoms with Crippen LogP contribution in [-0.2, 0) is 6.54 Å². The summed E-state index contributed by atoms with van der Waals surface area (Å²) >= 11 is 0. The highest BCUT2D eigenvalue weighted by Crippen LogP contribution is 2.19. The highest BCUT2D eigenvalue weighted by atomic mass is 16.5. The molecule has 2 aromatic heterocycles. The number of pyridine rings is 1. The Labute approximate surface area is 105 Å². The minimum Gasteiger partial charge on any atom is -0.436 e. The lowest BCUT2D eigenvalue weighted by Gasteiger charge is -2.05. The van der Waals surface area contributed by atoms with Crippen LogP contribution in [0.2, 0.25) is 0 Å². The summed E-state index contributed by atoms with van der Waals surface area (Å²) in [6, 6.07) is 4.33. The average molecular weight is 242 g/mol. The summed E-state index contributed by atoms with van der Waals surface area (Å²) in [5.41, 5.74) is 0.931. The third-order valence-electron chi connectivity index (χ3n) is 2.69. The summed E-state index contributed by atoms with van der Waals surface area (Å²) in [5, 5.41) is 3.39. The van der Waals surface area contributed by atoms with Crippen LogP contribution < -0.4 is 10.1 Å². The van der Waals surface area contributed by atoms with Crippen LogP contribution in [-0.4, -0.2) is 21.0 Å². The Kier molecular flexibility index (Phi) is 3.14. The first-order valence-electron chi connectivity index (χ1n) is 6.02. The molecule has 1 N–H and O–H groups in total. The van der Waals surface area contributed by atoms with E-state index < -0.39 is 0 Å². The van der Waals surface area contributed by atoms with E-state index in [9.17, 15) is 0 Å². The molecule has 0 radical (unpaired) electrons. The third kappa shape index (κ3) is 3.01. The van der Waals surface area contributed by atoms with Gasteiger partial charge in [0.25, 0.3) is 0 Å². The monoisotopic (exact) mass is 242 g/mol. The number of aromatic nitrogens is 3. The van der Waals surface area contributed by atoms with Gasteiger partial charge in [0, 0.05) is 18.8 Å². The van der Waals surface area contributed by atoms with Crippen LogP contribution in [0.25, 0.3) is 0 Å². The van der Waals surface area contributed by atoms with Gasteiger partial charge in [0.2, 0.25) is 5.88 Å². The number of nitrogens with one attached hydrogen (secondary N) is 1. The summed E-state index contributed by atoms with van der Waals surface area (Å²) in [6.07, 6.45) is 9.26. The highest BCUT2D eigenvalue weighted by molar-refractivity contribution is 5.21. The largest absolute Gasteiger partial charge is 0.436 e. The van der Waals surface area contributed by atoms with Gasteiger partial charge in [0.15, 0.2) is 0 Å². The quantitative estimate of drug-likeness (QED) is 0.868. The standard InChI is InChI=1S/C13H14N4O/c1-2-12(8-14-5-1)18-13-9-16-11(7-17-13)6-15-10-3-4-10/h1-2,5,7-10,15H,3-4,6H2. The van der Waals surface area contributed by atoms with Crippen molar-refractivity contribution in [3.63, 3.8) is 0 Å². The van der Waals surface area contributed by atoms with Crippen LogP contribution in [0.5, 0.6) is 11.6 Å². The molecule has 5 heteroatoms. The summed E-state index contributed by atoms with van der Waals surface area (Å²) in [5.74, 6) is 1.15. The van der Waals surface area contributed by atoms with Crippen LogP contribution in [0.3, 0.4) is 0 Å². The molecule has 0 amide bonds. The molecule has 1 saturated carbocycles. The van der Waals surface area contributed by atoms with Gasteiger partial charge in [-0.3, -0.25) is 9.97 Å². The van der Waals surface area contributed by atoms with Crippen molar-refractivity contribution in [2.45, 2.75) is 25.4 Å². The van der Waals surface area contributed by atoms with Crippen molar-refractivity contribution in [2.75, 3.05) is 0 Å². The van der Waals surface area contributed by atoms with Gasteiger partial charge in [-0.05, 0) is 25.0 Å². The second-order valence-corrected chi connectivity index (χ2v) is 4.29. The van der Waals surface area contributed by atoms with Gasteiger partial charge in [-0.25, -0.2) is 4.98 Å². The van der Waals surface area contributed by atoms with E-state index in [2.05, 4.69) is 20.3 Å². The second kappa shape index (κ2) is 5.10. The van der Waals surface area contributed by atoms with Gasteiger partial charge < -0.3 is 10.1 Å². The number of hydrogen-bond acceptors (Lipinski definition) is 5. The molecule has 92 valence electrons. The number of nitrogens with zero attached hydrogens (tertiary/aromatic N) is 3.